The molecular formula is C12H17N3O4S. The Morgan fingerprint density at radius 1 is 1.70 bits per heavy atom. The molecule has 1 aliphatic rings. The minimum Gasteiger partial charge on any atom is -0.464 e. The van der Waals surface area contributed by atoms with Gasteiger partial charge in [0.1, 0.15) is 12.4 Å². The van der Waals surface area contributed by atoms with Crippen LogP contribution in [0, 0.1) is 0 Å². The fourth-order valence-corrected chi connectivity index (χ4v) is 3.40. The number of nitrogen functional groups attached to an aromatic ring is 1. The van der Waals surface area contributed by atoms with E-state index >= 15 is 0 Å². The van der Waals surface area contributed by atoms with Crippen molar-refractivity contribution >= 4 is 23.5 Å². The van der Waals surface area contributed by atoms with Crippen LogP contribution in [0.2, 0.25) is 0 Å². The predicted octanol–water partition coefficient (Wildman–Crippen LogP) is 0.144. The Morgan fingerprint density at radius 2 is 2.45 bits per heavy atom. The molecule has 0 spiro atoms. The van der Waals surface area contributed by atoms with E-state index in [1.165, 1.54) is 16.3 Å². The molecule has 0 bridgehead atoms. The highest BCUT2D eigenvalue weighted by atomic mass is 32.2. The molecule has 8 heteroatoms. The number of aliphatic hydroxyl groups is 1. The number of ether oxygens (including phenoxy) is 1. The Hall–Kier alpha value is -1.54. The van der Waals surface area contributed by atoms with Gasteiger partial charge in [-0.2, -0.15) is 4.98 Å². The van der Waals surface area contributed by atoms with Gasteiger partial charge in [-0.25, -0.2) is 4.79 Å². The maximum Gasteiger partial charge on any atom is 0.350 e. The van der Waals surface area contributed by atoms with Gasteiger partial charge in [-0.15, -0.1) is 11.8 Å². The zero-order valence-electron chi connectivity index (χ0n) is 11.1. The molecule has 110 valence electrons. The van der Waals surface area contributed by atoms with Gasteiger partial charge in [-0.05, 0) is 6.07 Å². The van der Waals surface area contributed by atoms with Crippen LogP contribution in [0.5, 0.6) is 0 Å². The second-order valence-electron chi connectivity index (χ2n) is 4.51. The van der Waals surface area contributed by atoms with Crippen molar-refractivity contribution in [3.05, 3.63) is 22.7 Å². The van der Waals surface area contributed by atoms with Crippen molar-refractivity contribution < 1.29 is 14.6 Å². The number of hydrogen-bond donors (Lipinski definition) is 2. The van der Waals surface area contributed by atoms with Crippen LogP contribution in [0.3, 0.4) is 0 Å². The second kappa shape index (κ2) is 6.27. The Bertz CT molecular complexity index is 548. The lowest BCUT2D eigenvalue weighted by Crippen LogP contribution is -2.25. The van der Waals surface area contributed by atoms with Gasteiger partial charge < -0.3 is 15.6 Å². The summed E-state index contributed by atoms with van der Waals surface area (Å²) in [5, 5.41) is 9.52. The quantitative estimate of drug-likeness (QED) is 0.762. The number of aromatic nitrogens is 2. The van der Waals surface area contributed by atoms with Crippen LogP contribution in [0.25, 0.3) is 0 Å². The maximum atomic E-state index is 11.7. The van der Waals surface area contributed by atoms with Crippen molar-refractivity contribution in [2.24, 2.45) is 0 Å². The minimum atomic E-state index is -0.626. The molecule has 3 atom stereocenters. The number of anilines is 1. The number of carbonyl (C=O) groups excluding carboxylic acids is 1. The first-order valence-electron chi connectivity index (χ1n) is 6.35. The van der Waals surface area contributed by atoms with E-state index in [9.17, 15) is 14.7 Å². The topological polar surface area (TPSA) is 107 Å². The Balaban J connectivity index is 2.02. The summed E-state index contributed by atoms with van der Waals surface area (Å²) in [5.41, 5.74) is 5.00. The molecule has 1 unspecified atom stereocenters. The summed E-state index contributed by atoms with van der Waals surface area (Å²) in [7, 11) is 0. The lowest BCUT2D eigenvalue weighted by Gasteiger charge is -2.14. The maximum absolute atomic E-state index is 11.7. The molecule has 7 nitrogen and oxygen atoms in total. The highest BCUT2D eigenvalue weighted by Gasteiger charge is 2.36. The third-order valence-electron chi connectivity index (χ3n) is 3.06. The number of hydrogen-bond acceptors (Lipinski definition) is 7. The van der Waals surface area contributed by atoms with Crippen LogP contribution < -0.4 is 11.4 Å². The van der Waals surface area contributed by atoms with E-state index in [1.807, 2.05) is 0 Å². The highest BCUT2D eigenvalue weighted by molar-refractivity contribution is 8.00. The number of carbonyl (C=O) groups is 1. The van der Waals surface area contributed by atoms with Crippen LogP contribution in [-0.2, 0) is 9.53 Å². The lowest BCUT2D eigenvalue weighted by atomic mass is 10.2. The first-order valence-corrected chi connectivity index (χ1v) is 7.29. The minimum absolute atomic E-state index is 0.145. The molecule has 1 aliphatic heterocycles. The summed E-state index contributed by atoms with van der Waals surface area (Å²) in [6.45, 7) is 1.86. The Labute approximate surface area is 120 Å². The Morgan fingerprint density at radius 3 is 3.10 bits per heavy atom. The van der Waals surface area contributed by atoms with Gasteiger partial charge in [0, 0.05) is 19.0 Å². The second-order valence-corrected chi connectivity index (χ2v) is 5.93. The zero-order chi connectivity index (χ0) is 14.7. The molecule has 0 radical (unpaired) electrons. The van der Waals surface area contributed by atoms with E-state index in [2.05, 4.69) is 4.98 Å². The average molecular weight is 299 g/mol. The van der Waals surface area contributed by atoms with Gasteiger partial charge in [0.15, 0.2) is 0 Å². The van der Waals surface area contributed by atoms with E-state index in [-0.39, 0.29) is 29.0 Å². The zero-order valence-corrected chi connectivity index (χ0v) is 11.9. The van der Waals surface area contributed by atoms with Gasteiger partial charge in [-0.3, -0.25) is 9.36 Å². The highest BCUT2D eigenvalue weighted by Crippen LogP contribution is 2.40. The molecular weight excluding hydrogens is 282 g/mol. The summed E-state index contributed by atoms with van der Waals surface area (Å²) in [4.78, 5) is 26.5. The van der Waals surface area contributed by atoms with E-state index in [1.54, 1.807) is 19.2 Å². The molecule has 0 aliphatic carbocycles. The molecule has 0 saturated carbocycles. The van der Waals surface area contributed by atoms with Crippen molar-refractivity contribution in [1.29, 1.82) is 0 Å². The van der Waals surface area contributed by atoms with Crippen molar-refractivity contribution in [3.8, 4) is 0 Å². The van der Waals surface area contributed by atoms with Crippen LogP contribution >= 0.6 is 11.8 Å². The molecule has 1 aromatic rings. The molecule has 1 fully saturated rings. The molecule has 1 saturated heterocycles. The van der Waals surface area contributed by atoms with E-state index in [0.29, 0.717) is 12.8 Å². The molecule has 2 rings (SSSR count). The van der Waals surface area contributed by atoms with Gasteiger partial charge in [0.2, 0.25) is 0 Å². The van der Waals surface area contributed by atoms with Crippen molar-refractivity contribution in [1.82, 2.24) is 9.55 Å². The summed E-state index contributed by atoms with van der Waals surface area (Å²) in [6.07, 6.45) is 1.65. The largest absolute Gasteiger partial charge is 0.464 e. The fourth-order valence-electron chi connectivity index (χ4n) is 1.96. The summed E-state index contributed by atoms with van der Waals surface area (Å²) in [5.74, 6) is -0.129. The van der Waals surface area contributed by atoms with Crippen LogP contribution in [-0.4, -0.2) is 38.6 Å². The average Bonchev–Trinajstić information content (AvgIpc) is 2.77. The normalized spacial score (nSPS) is 25.6. The van der Waals surface area contributed by atoms with Crippen molar-refractivity contribution in [2.75, 3.05) is 12.3 Å². The van der Waals surface area contributed by atoms with Crippen LogP contribution in [0.4, 0.5) is 5.82 Å². The van der Waals surface area contributed by atoms with Crippen LogP contribution in [0.15, 0.2) is 17.1 Å². The summed E-state index contributed by atoms with van der Waals surface area (Å²) < 4.78 is 6.47. The first kappa shape index (κ1) is 14.9. The van der Waals surface area contributed by atoms with E-state index in [4.69, 9.17) is 10.5 Å². The molecule has 3 N–H and O–H groups in total. The number of rotatable bonds is 4. The van der Waals surface area contributed by atoms with Gasteiger partial charge in [0.25, 0.3) is 0 Å². The standard InChI is InChI=1S/C12H17N3O4S/c1-2-11(17)19-6-8-7(16)5-10(20-8)15-4-3-9(13)14-12(15)18/h3-4,7-8,10,16H,2,5-6H2,1H3,(H2,13,14,18)/t7?,8-,10-/m1/s1. The first-order chi connectivity index (χ1) is 9.51. The number of thioether (sulfide) groups is 1. The molecule has 20 heavy (non-hydrogen) atoms. The lowest BCUT2D eigenvalue weighted by molar-refractivity contribution is -0.143. The van der Waals surface area contributed by atoms with Gasteiger partial charge >= 0.3 is 11.7 Å². The molecule has 0 aromatic carbocycles. The van der Waals surface area contributed by atoms with Gasteiger partial charge in [0.05, 0.1) is 16.7 Å². The molecule has 0 amide bonds. The summed E-state index contributed by atoms with van der Waals surface area (Å²) in [6, 6.07) is 1.54. The van der Waals surface area contributed by atoms with E-state index in [0.717, 1.165) is 0 Å². The van der Waals surface area contributed by atoms with Crippen LogP contribution in [0.1, 0.15) is 25.1 Å². The van der Waals surface area contributed by atoms with E-state index < -0.39 is 11.8 Å². The third kappa shape index (κ3) is 3.31. The van der Waals surface area contributed by atoms with Crippen molar-refractivity contribution in [3.63, 3.8) is 0 Å². The predicted molar refractivity (Wildman–Crippen MR) is 75.2 cm³/mol. The van der Waals surface area contributed by atoms with Crippen molar-refractivity contribution in [2.45, 2.75) is 36.5 Å². The third-order valence-corrected chi connectivity index (χ3v) is 4.60. The number of nitrogens with zero attached hydrogens (tertiary/aromatic N) is 2. The monoisotopic (exact) mass is 299 g/mol. The molecule has 2 heterocycles. The fraction of sp³-hybridized carbons (Fsp3) is 0.583. The molecule has 1 aromatic heterocycles. The number of nitrogens with two attached hydrogens (primary N) is 1. The smallest absolute Gasteiger partial charge is 0.350 e. The van der Waals surface area contributed by atoms with Gasteiger partial charge in [-0.1, -0.05) is 6.92 Å². The number of aliphatic hydroxyl groups excluding tert-OH is 1. The summed E-state index contributed by atoms with van der Waals surface area (Å²) >= 11 is 1.40. The number of esters is 1. The Kier molecular flexibility index (Phi) is 4.66. The SMILES string of the molecule is CCC(=O)OC[C@H]1S[C@@H](n2ccc(N)nc2=O)CC1O.